The van der Waals surface area contributed by atoms with Gasteiger partial charge in [-0.2, -0.15) is 8.42 Å². The minimum absolute atomic E-state index is 0.161. The lowest BCUT2D eigenvalue weighted by atomic mass is 9.83. The zero-order chi connectivity index (χ0) is 26.7. The van der Waals surface area contributed by atoms with Gasteiger partial charge in [-0.1, -0.05) is 59.2 Å². The molecule has 0 fully saturated rings. The summed E-state index contributed by atoms with van der Waals surface area (Å²) in [6.07, 6.45) is 2.00. The van der Waals surface area contributed by atoms with E-state index in [1.807, 2.05) is 49.4 Å². The molecule has 37 heavy (non-hydrogen) atoms. The summed E-state index contributed by atoms with van der Waals surface area (Å²) in [4.78, 5) is 11.7. The highest BCUT2D eigenvalue weighted by Crippen LogP contribution is 2.34. The standard InChI is InChI=1S/C28H25ClN2O5S/c1-18-15-23(29)10-13-25(18)26(16-27(30-33)22-9-14-28(32)31(2)17-22)21-5-3-19(4-6-21)20-7-11-24(12-8-20)37(34,35)36/h3-15,17,26,33H,16H2,1-2H3,(H,34,35,36). The molecule has 2 N–H and O–H groups in total. The molecule has 0 aliphatic carbocycles. The molecule has 1 atom stereocenters. The Kier molecular flexibility index (Phi) is 7.63. The van der Waals surface area contributed by atoms with E-state index in [9.17, 15) is 23.0 Å². The Hall–Kier alpha value is -3.72. The number of benzene rings is 3. The fraction of sp³-hybridized carbons (Fsp3) is 0.143. The van der Waals surface area contributed by atoms with Gasteiger partial charge in [0.25, 0.3) is 10.1 Å². The molecule has 1 heterocycles. The van der Waals surface area contributed by atoms with Crippen molar-refractivity contribution in [2.45, 2.75) is 24.2 Å². The van der Waals surface area contributed by atoms with Gasteiger partial charge in [0, 0.05) is 42.2 Å². The van der Waals surface area contributed by atoms with E-state index in [1.165, 1.54) is 22.8 Å². The Bertz CT molecular complexity index is 1630. The highest BCUT2D eigenvalue weighted by Gasteiger charge is 2.21. The SMILES string of the molecule is Cc1cc(Cl)ccc1C(CC(=NO)c1ccc(=O)n(C)c1)c1ccc(-c2ccc(S(=O)(=O)O)cc2)cc1. The van der Waals surface area contributed by atoms with Gasteiger partial charge in [0.05, 0.1) is 10.6 Å². The van der Waals surface area contributed by atoms with Crippen LogP contribution in [0.25, 0.3) is 11.1 Å². The maximum Gasteiger partial charge on any atom is 0.294 e. The molecule has 1 aromatic heterocycles. The number of halogens is 1. The fourth-order valence-corrected chi connectivity index (χ4v) is 5.05. The summed E-state index contributed by atoms with van der Waals surface area (Å²) in [6.45, 7) is 1.97. The van der Waals surface area contributed by atoms with Crippen LogP contribution in [0.4, 0.5) is 0 Å². The number of aryl methyl sites for hydroxylation is 2. The topological polar surface area (TPSA) is 109 Å². The third-order valence-electron chi connectivity index (χ3n) is 6.34. The predicted molar refractivity (Wildman–Crippen MR) is 144 cm³/mol. The molecule has 4 aromatic rings. The minimum atomic E-state index is -4.26. The zero-order valence-electron chi connectivity index (χ0n) is 20.2. The number of nitrogens with zero attached hydrogens (tertiary/aromatic N) is 2. The second-order valence-electron chi connectivity index (χ2n) is 8.79. The van der Waals surface area contributed by atoms with Crippen molar-refractivity contribution < 1.29 is 18.2 Å². The van der Waals surface area contributed by atoms with E-state index in [4.69, 9.17) is 11.6 Å². The number of hydrogen-bond acceptors (Lipinski definition) is 5. The van der Waals surface area contributed by atoms with E-state index in [2.05, 4.69) is 5.16 Å². The van der Waals surface area contributed by atoms with Gasteiger partial charge in [0.2, 0.25) is 5.56 Å². The molecule has 7 nitrogen and oxygen atoms in total. The van der Waals surface area contributed by atoms with Crippen LogP contribution in [0.15, 0.2) is 99.9 Å². The molecule has 0 spiro atoms. The van der Waals surface area contributed by atoms with Crippen molar-refractivity contribution in [3.8, 4) is 11.1 Å². The van der Waals surface area contributed by atoms with Gasteiger partial charge < -0.3 is 9.77 Å². The second kappa shape index (κ2) is 10.7. The molecule has 0 saturated carbocycles. The molecule has 0 bridgehead atoms. The third-order valence-corrected chi connectivity index (χ3v) is 7.45. The highest BCUT2D eigenvalue weighted by molar-refractivity contribution is 7.85. The van der Waals surface area contributed by atoms with Gasteiger partial charge in [-0.3, -0.25) is 9.35 Å². The van der Waals surface area contributed by atoms with Crippen LogP contribution in [0.1, 0.15) is 34.6 Å². The Labute approximate surface area is 220 Å². The van der Waals surface area contributed by atoms with Crippen LogP contribution in [-0.4, -0.2) is 28.5 Å². The minimum Gasteiger partial charge on any atom is -0.411 e. The van der Waals surface area contributed by atoms with Crippen molar-refractivity contribution in [1.29, 1.82) is 0 Å². The van der Waals surface area contributed by atoms with E-state index >= 15 is 0 Å². The second-order valence-corrected chi connectivity index (χ2v) is 10.7. The number of pyridine rings is 1. The van der Waals surface area contributed by atoms with Gasteiger partial charge in [0.1, 0.15) is 0 Å². The first-order chi connectivity index (χ1) is 17.6. The number of rotatable bonds is 7. The maximum absolute atomic E-state index is 11.8. The summed E-state index contributed by atoms with van der Waals surface area (Å²) >= 11 is 6.21. The van der Waals surface area contributed by atoms with Gasteiger partial charge in [-0.15, -0.1) is 0 Å². The normalized spacial score (nSPS) is 12.9. The van der Waals surface area contributed by atoms with Crippen LogP contribution >= 0.6 is 11.6 Å². The van der Waals surface area contributed by atoms with Gasteiger partial charge in [0.15, 0.2) is 0 Å². The summed E-state index contributed by atoms with van der Waals surface area (Å²) < 4.78 is 33.3. The molecular formula is C28H25ClN2O5S. The average Bonchev–Trinajstić information content (AvgIpc) is 2.87. The Morgan fingerprint density at radius 3 is 2.14 bits per heavy atom. The lowest BCUT2D eigenvalue weighted by Crippen LogP contribution is -2.18. The lowest BCUT2D eigenvalue weighted by molar-refractivity contribution is 0.317. The molecule has 0 aliphatic rings. The highest BCUT2D eigenvalue weighted by atomic mass is 35.5. The molecular weight excluding hydrogens is 512 g/mol. The van der Waals surface area contributed by atoms with Crippen LogP contribution in [0.2, 0.25) is 5.02 Å². The van der Waals surface area contributed by atoms with Crippen LogP contribution in [0.5, 0.6) is 0 Å². The van der Waals surface area contributed by atoms with E-state index in [0.29, 0.717) is 22.7 Å². The largest absolute Gasteiger partial charge is 0.411 e. The molecule has 190 valence electrons. The summed E-state index contributed by atoms with van der Waals surface area (Å²) in [7, 11) is -2.62. The van der Waals surface area contributed by atoms with Crippen LogP contribution in [-0.2, 0) is 17.2 Å². The average molecular weight is 537 g/mol. The fourth-order valence-electron chi connectivity index (χ4n) is 4.34. The molecule has 0 amide bonds. The predicted octanol–water partition coefficient (Wildman–Crippen LogP) is 5.66. The Morgan fingerprint density at radius 1 is 0.973 bits per heavy atom. The molecule has 4 rings (SSSR count). The van der Waals surface area contributed by atoms with Crippen LogP contribution < -0.4 is 5.56 Å². The quantitative estimate of drug-likeness (QED) is 0.137. The number of aromatic nitrogens is 1. The molecule has 3 aromatic carbocycles. The molecule has 0 aliphatic heterocycles. The summed E-state index contributed by atoms with van der Waals surface area (Å²) in [6, 6.07) is 22.5. The Balaban J connectivity index is 1.72. The van der Waals surface area contributed by atoms with Gasteiger partial charge >= 0.3 is 0 Å². The van der Waals surface area contributed by atoms with Crippen LogP contribution in [0, 0.1) is 6.92 Å². The van der Waals surface area contributed by atoms with Crippen molar-refractivity contribution in [2.75, 3.05) is 0 Å². The third kappa shape index (κ3) is 5.99. The van der Waals surface area contributed by atoms with Gasteiger partial charge in [-0.25, -0.2) is 0 Å². The molecule has 1 unspecified atom stereocenters. The summed E-state index contributed by atoms with van der Waals surface area (Å²) in [5.74, 6) is -0.184. The van der Waals surface area contributed by atoms with Crippen LogP contribution in [0.3, 0.4) is 0 Å². The lowest BCUT2D eigenvalue weighted by Gasteiger charge is -2.21. The van der Waals surface area contributed by atoms with Crippen molar-refractivity contribution in [1.82, 2.24) is 4.57 Å². The number of oxime groups is 1. The smallest absolute Gasteiger partial charge is 0.294 e. The van der Waals surface area contributed by atoms with Gasteiger partial charge in [-0.05, 0) is 65.1 Å². The first-order valence-corrected chi connectivity index (χ1v) is 13.2. The zero-order valence-corrected chi connectivity index (χ0v) is 21.7. The maximum atomic E-state index is 11.8. The molecule has 0 saturated heterocycles. The first-order valence-electron chi connectivity index (χ1n) is 11.4. The van der Waals surface area contributed by atoms with Crippen molar-refractivity contribution in [2.24, 2.45) is 12.2 Å². The van der Waals surface area contributed by atoms with Crippen molar-refractivity contribution in [3.63, 3.8) is 0 Å². The summed E-state index contributed by atoms with van der Waals surface area (Å²) in [5.41, 5.74) is 5.53. The van der Waals surface area contributed by atoms with E-state index < -0.39 is 10.1 Å². The van der Waals surface area contributed by atoms with E-state index in [-0.39, 0.29) is 16.4 Å². The molecule has 9 heteroatoms. The van der Waals surface area contributed by atoms with Crippen molar-refractivity contribution in [3.05, 3.63) is 123 Å². The monoisotopic (exact) mass is 536 g/mol. The molecule has 0 radical (unpaired) electrons. The van der Waals surface area contributed by atoms with Crippen molar-refractivity contribution >= 4 is 27.4 Å². The first kappa shape index (κ1) is 26.3. The Morgan fingerprint density at radius 2 is 1.59 bits per heavy atom. The van der Waals surface area contributed by atoms with E-state index in [0.717, 1.165) is 27.8 Å². The summed E-state index contributed by atoms with van der Waals surface area (Å²) in [5, 5.41) is 14.1. The van der Waals surface area contributed by atoms with E-state index in [1.54, 1.807) is 31.4 Å². The number of hydrogen-bond donors (Lipinski definition) is 2.